The first-order valence-electron chi connectivity index (χ1n) is 4.98. The molecule has 0 bridgehead atoms. The SMILES string of the molecule is CC(Nc1ccc(Br)cc1N)C1CC1. The van der Waals surface area contributed by atoms with Gasteiger partial charge < -0.3 is 11.1 Å². The minimum absolute atomic E-state index is 0.540. The minimum atomic E-state index is 0.540. The van der Waals surface area contributed by atoms with E-state index >= 15 is 0 Å². The Morgan fingerprint density at radius 3 is 2.79 bits per heavy atom. The average molecular weight is 255 g/mol. The van der Waals surface area contributed by atoms with Crippen molar-refractivity contribution >= 4 is 27.3 Å². The van der Waals surface area contributed by atoms with Crippen molar-refractivity contribution in [2.45, 2.75) is 25.8 Å². The maximum absolute atomic E-state index is 5.90. The standard InChI is InChI=1S/C11H15BrN2/c1-7(8-2-3-8)14-11-5-4-9(12)6-10(11)13/h4-8,14H,2-3,13H2,1H3. The van der Waals surface area contributed by atoms with Crippen molar-refractivity contribution in [1.29, 1.82) is 0 Å². The van der Waals surface area contributed by atoms with Crippen molar-refractivity contribution in [3.63, 3.8) is 0 Å². The molecule has 2 rings (SSSR count). The van der Waals surface area contributed by atoms with Gasteiger partial charge in [0, 0.05) is 10.5 Å². The van der Waals surface area contributed by atoms with Crippen molar-refractivity contribution in [1.82, 2.24) is 0 Å². The van der Waals surface area contributed by atoms with Gasteiger partial charge in [-0.25, -0.2) is 0 Å². The molecule has 0 spiro atoms. The molecular formula is C11H15BrN2. The van der Waals surface area contributed by atoms with E-state index in [-0.39, 0.29) is 0 Å². The van der Waals surface area contributed by atoms with E-state index in [0.717, 1.165) is 21.8 Å². The van der Waals surface area contributed by atoms with Crippen LogP contribution < -0.4 is 11.1 Å². The molecule has 3 N–H and O–H groups in total. The van der Waals surface area contributed by atoms with Crippen molar-refractivity contribution in [2.75, 3.05) is 11.1 Å². The third-order valence-electron chi connectivity index (χ3n) is 2.73. The van der Waals surface area contributed by atoms with Crippen LogP contribution in [0.4, 0.5) is 11.4 Å². The van der Waals surface area contributed by atoms with E-state index in [1.54, 1.807) is 0 Å². The molecule has 3 heteroatoms. The summed E-state index contributed by atoms with van der Waals surface area (Å²) in [6, 6.07) is 6.51. The van der Waals surface area contributed by atoms with E-state index in [4.69, 9.17) is 5.73 Å². The Morgan fingerprint density at radius 1 is 1.50 bits per heavy atom. The molecule has 0 aliphatic heterocycles. The molecular weight excluding hydrogens is 240 g/mol. The van der Waals surface area contributed by atoms with E-state index in [0.29, 0.717) is 6.04 Å². The molecule has 1 fully saturated rings. The predicted octanol–water partition coefficient (Wildman–Crippen LogP) is 3.24. The minimum Gasteiger partial charge on any atom is -0.397 e. The molecule has 14 heavy (non-hydrogen) atoms. The Hall–Kier alpha value is -0.700. The van der Waals surface area contributed by atoms with Gasteiger partial charge in [0.2, 0.25) is 0 Å². The third kappa shape index (κ3) is 2.21. The maximum Gasteiger partial charge on any atom is 0.0576 e. The van der Waals surface area contributed by atoms with Crippen LogP contribution in [0.3, 0.4) is 0 Å². The fourth-order valence-corrected chi connectivity index (χ4v) is 2.00. The normalized spacial score (nSPS) is 17.9. The molecule has 0 heterocycles. The van der Waals surface area contributed by atoms with E-state index in [9.17, 15) is 0 Å². The molecule has 0 amide bonds. The first kappa shape index (κ1) is 9.84. The van der Waals surface area contributed by atoms with Gasteiger partial charge in [0.1, 0.15) is 0 Å². The van der Waals surface area contributed by atoms with Gasteiger partial charge in [-0.15, -0.1) is 0 Å². The summed E-state index contributed by atoms with van der Waals surface area (Å²) in [6.45, 7) is 2.22. The van der Waals surface area contributed by atoms with Gasteiger partial charge in [-0.1, -0.05) is 15.9 Å². The largest absolute Gasteiger partial charge is 0.397 e. The second-order valence-corrected chi connectivity index (χ2v) is 4.92. The third-order valence-corrected chi connectivity index (χ3v) is 3.22. The molecule has 1 unspecified atom stereocenters. The summed E-state index contributed by atoms with van der Waals surface area (Å²) >= 11 is 3.40. The highest BCUT2D eigenvalue weighted by atomic mass is 79.9. The molecule has 1 aliphatic rings. The van der Waals surface area contributed by atoms with Gasteiger partial charge in [-0.3, -0.25) is 0 Å². The maximum atomic E-state index is 5.90. The van der Waals surface area contributed by atoms with E-state index < -0.39 is 0 Å². The van der Waals surface area contributed by atoms with E-state index in [1.165, 1.54) is 12.8 Å². The summed E-state index contributed by atoms with van der Waals surface area (Å²) in [6.07, 6.45) is 2.70. The first-order chi connectivity index (χ1) is 6.66. The van der Waals surface area contributed by atoms with Gasteiger partial charge in [0.25, 0.3) is 0 Å². The number of nitrogen functional groups attached to an aromatic ring is 1. The highest BCUT2D eigenvalue weighted by molar-refractivity contribution is 9.10. The van der Waals surface area contributed by atoms with Crippen LogP contribution in [0.1, 0.15) is 19.8 Å². The smallest absolute Gasteiger partial charge is 0.0576 e. The lowest BCUT2D eigenvalue weighted by molar-refractivity contribution is 0.694. The summed E-state index contributed by atoms with van der Waals surface area (Å²) in [5, 5.41) is 3.45. The zero-order valence-corrected chi connectivity index (χ0v) is 9.84. The number of nitrogens with one attached hydrogen (secondary N) is 1. The summed E-state index contributed by atoms with van der Waals surface area (Å²) in [5.41, 5.74) is 7.76. The van der Waals surface area contributed by atoms with E-state index in [2.05, 4.69) is 28.2 Å². The van der Waals surface area contributed by atoms with Crippen molar-refractivity contribution in [3.05, 3.63) is 22.7 Å². The van der Waals surface area contributed by atoms with Gasteiger partial charge in [-0.05, 0) is 43.9 Å². The van der Waals surface area contributed by atoms with Gasteiger partial charge in [0.15, 0.2) is 0 Å². The van der Waals surface area contributed by atoms with Crippen LogP contribution in [0.5, 0.6) is 0 Å². The molecule has 0 saturated heterocycles. The van der Waals surface area contributed by atoms with Crippen LogP contribution >= 0.6 is 15.9 Å². The van der Waals surface area contributed by atoms with Crippen LogP contribution in [0.15, 0.2) is 22.7 Å². The summed E-state index contributed by atoms with van der Waals surface area (Å²) in [7, 11) is 0. The zero-order chi connectivity index (χ0) is 10.1. The van der Waals surface area contributed by atoms with Crippen molar-refractivity contribution in [3.8, 4) is 0 Å². The molecule has 1 saturated carbocycles. The van der Waals surface area contributed by atoms with Gasteiger partial charge in [-0.2, -0.15) is 0 Å². The van der Waals surface area contributed by atoms with E-state index in [1.807, 2.05) is 18.2 Å². The number of rotatable bonds is 3. The monoisotopic (exact) mass is 254 g/mol. The highest BCUT2D eigenvalue weighted by Crippen LogP contribution is 2.35. The number of nitrogens with two attached hydrogens (primary N) is 1. The summed E-state index contributed by atoms with van der Waals surface area (Å²) in [5.74, 6) is 0.845. The zero-order valence-electron chi connectivity index (χ0n) is 8.26. The molecule has 1 aliphatic carbocycles. The number of hydrogen-bond acceptors (Lipinski definition) is 2. The molecule has 2 nitrogen and oxygen atoms in total. The van der Waals surface area contributed by atoms with Crippen LogP contribution in [0.2, 0.25) is 0 Å². The molecule has 0 radical (unpaired) electrons. The second-order valence-electron chi connectivity index (χ2n) is 4.00. The van der Waals surface area contributed by atoms with Crippen molar-refractivity contribution in [2.24, 2.45) is 5.92 Å². The molecule has 0 aromatic heterocycles. The lowest BCUT2D eigenvalue weighted by Gasteiger charge is -2.16. The molecule has 1 atom stereocenters. The predicted molar refractivity (Wildman–Crippen MR) is 64.4 cm³/mol. The molecule has 76 valence electrons. The Labute approximate surface area is 93.0 Å². The Bertz CT molecular complexity index is 334. The van der Waals surface area contributed by atoms with Crippen LogP contribution in [0, 0.1) is 5.92 Å². The molecule has 1 aromatic carbocycles. The Balaban J connectivity index is 2.07. The van der Waals surface area contributed by atoms with Crippen molar-refractivity contribution < 1.29 is 0 Å². The van der Waals surface area contributed by atoms with Crippen LogP contribution in [-0.2, 0) is 0 Å². The average Bonchev–Trinajstić information content (AvgIpc) is 2.92. The quantitative estimate of drug-likeness (QED) is 0.813. The van der Waals surface area contributed by atoms with Crippen LogP contribution in [-0.4, -0.2) is 6.04 Å². The second kappa shape index (κ2) is 3.81. The van der Waals surface area contributed by atoms with Gasteiger partial charge >= 0.3 is 0 Å². The Kier molecular flexibility index (Phi) is 2.68. The number of hydrogen-bond donors (Lipinski definition) is 2. The topological polar surface area (TPSA) is 38.0 Å². The lowest BCUT2D eigenvalue weighted by Crippen LogP contribution is -2.18. The van der Waals surface area contributed by atoms with Crippen LogP contribution in [0.25, 0.3) is 0 Å². The number of halogens is 1. The first-order valence-corrected chi connectivity index (χ1v) is 5.77. The summed E-state index contributed by atoms with van der Waals surface area (Å²) < 4.78 is 1.03. The fraction of sp³-hybridized carbons (Fsp3) is 0.455. The number of anilines is 2. The number of benzene rings is 1. The van der Waals surface area contributed by atoms with Gasteiger partial charge in [0.05, 0.1) is 11.4 Å². The fourth-order valence-electron chi connectivity index (χ4n) is 1.62. The lowest BCUT2D eigenvalue weighted by atomic mass is 10.2. The summed E-state index contributed by atoms with van der Waals surface area (Å²) in [4.78, 5) is 0. The Morgan fingerprint density at radius 2 is 2.21 bits per heavy atom. The highest BCUT2D eigenvalue weighted by Gasteiger charge is 2.27. The molecule has 1 aromatic rings.